The van der Waals surface area contributed by atoms with E-state index in [1.807, 2.05) is 0 Å². The Kier molecular flexibility index (Phi) is 9.82. The Morgan fingerprint density at radius 3 is 2.42 bits per heavy atom. The molecule has 0 heterocycles. The van der Waals surface area contributed by atoms with Crippen molar-refractivity contribution in [2.75, 3.05) is 13.7 Å². The maximum atomic E-state index is 12.4. The van der Waals surface area contributed by atoms with Gasteiger partial charge in [-0.3, -0.25) is 14.4 Å². The Hall–Kier alpha value is -2.57. The van der Waals surface area contributed by atoms with E-state index in [1.54, 1.807) is 12.1 Å². The SMILES string of the molecule is CCCCCNC(=O)[C@H](Cc1ccc(O)cc1)NC(=O)CCC(=O)OC. The van der Waals surface area contributed by atoms with Crippen molar-refractivity contribution in [1.82, 2.24) is 10.6 Å². The smallest absolute Gasteiger partial charge is 0.306 e. The van der Waals surface area contributed by atoms with Crippen LogP contribution in [0, 0.1) is 0 Å². The molecule has 1 rings (SSSR count). The van der Waals surface area contributed by atoms with Crippen molar-refractivity contribution < 1.29 is 24.2 Å². The van der Waals surface area contributed by atoms with Gasteiger partial charge in [-0.1, -0.05) is 31.9 Å². The molecule has 0 saturated carbocycles. The minimum Gasteiger partial charge on any atom is -0.508 e. The number of phenolic OH excluding ortho intramolecular Hbond substituents is 1. The molecule has 1 atom stereocenters. The molecule has 0 bridgehead atoms. The van der Waals surface area contributed by atoms with Crippen molar-refractivity contribution in [3.05, 3.63) is 29.8 Å². The highest BCUT2D eigenvalue weighted by Crippen LogP contribution is 2.11. The third-order valence-corrected chi connectivity index (χ3v) is 3.89. The standard InChI is InChI=1S/C19H28N2O5/c1-3-4-5-12-20-19(25)16(13-14-6-8-15(22)9-7-14)21-17(23)10-11-18(24)26-2/h6-9,16,22H,3-5,10-13H2,1-2H3,(H,20,25)(H,21,23)/t16-/m0/s1. The molecule has 0 spiro atoms. The number of rotatable bonds is 11. The largest absolute Gasteiger partial charge is 0.508 e. The molecule has 144 valence electrons. The number of phenols is 1. The number of carbonyl (C=O) groups excluding carboxylic acids is 3. The second-order valence-corrected chi connectivity index (χ2v) is 6.06. The van der Waals surface area contributed by atoms with Crippen molar-refractivity contribution >= 4 is 17.8 Å². The van der Waals surface area contributed by atoms with Crippen LogP contribution in [-0.2, 0) is 25.5 Å². The quantitative estimate of drug-likeness (QED) is 0.409. The summed E-state index contributed by atoms with van der Waals surface area (Å²) in [6, 6.07) is 5.72. The molecule has 0 radical (unpaired) electrons. The van der Waals surface area contributed by atoms with Crippen molar-refractivity contribution in [1.29, 1.82) is 0 Å². The minimum atomic E-state index is -0.744. The van der Waals surface area contributed by atoms with Gasteiger partial charge in [-0.25, -0.2) is 0 Å². The molecule has 2 amide bonds. The topological polar surface area (TPSA) is 105 Å². The Bertz CT molecular complexity index is 586. The molecule has 0 saturated heterocycles. The third kappa shape index (κ3) is 8.50. The lowest BCUT2D eigenvalue weighted by atomic mass is 10.0. The summed E-state index contributed by atoms with van der Waals surface area (Å²) in [5, 5.41) is 14.9. The van der Waals surface area contributed by atoms with Crippen LogP contribution in [0.2, 0.25) is 0 Å². The number of ether oxygens (including phenoxy) is 1. The number of methoxy groups -OCH3 is 1. The lowest BCUT2D eigenvalue weighted by Crippen LogP contribution is -2.48. The van der Waals surface area contributed by atoms with Gasteiger partial charge in [0.05, 0.1) is 13.5 Å². The summed E-state index contributed by atoms with van der Waals surface area (Å²) < 4.78 is 4.51. The molecule has 0 fully saturated rings. The molecule has 3 N–H and O–H groups in total. The summed E-state index contributed by atoms with van der Waals surface area (Å²) in [6.07, 6.45) is 3.17. The zero-order valence-electron chi connectivity index (χ0n) is 15.4. The van der Waals surface area contributed by atoms with E-state index in [-0.39, 0.29) is 30.4 Å². The van der Waals surface area contributed by atoms with E-state index in [0.29, 0.717) is 13.0 Å². The van der Waals surface area contributed by atoms with Crippen LogP contribution in [0.5, 0.6) is 5.75 Å². The highest BCUT2D eigenvalue weighted by Gasteiger charge is 2.21. The lowest BCUT2D eigenvalue weighted by molar-refractivity contribution is -0.142. The third-order valence-electron chi connectivity index (χ3n) is 3.89. The first kappa shape index (κ1) is 21.5. The number of amides is 2. The number of hydrogen-bond acceptors (Lipinski definition) is 5. The van der Waals surface area contributed by atoms with Gasteiger partial charge < -0.3 is 20.5 Å². The molecule has 0 aromatic heterocycles. The van der Waals surface area contributed by atoms with E-state index < -0.39 is 12.0 Å². The molecular weight excluding hydrogens is 336 g/mol. The van der Waals surface area contributed by atoms with E-state index in [1.165, 1.54) is 19.2 Å². The molecule has 1 aromatic carbocycles. The summed E-state index contributed by atoms with van der Waals surface area (Å²) in [4.78, 5) is 35.7. The Balaban J connectivity index is 2.67. The Labute approximate surface area is 154 Å². The van der Waals surface area contributed by atoms with Crippen LogP contribution < -0.4 is 10.6 Å². The molecule has 1 aromatic rings. The first-order valence-electron chi connectivity index (χ1n) is 8.88. The predicted molar refractivity (Wildman–Crippen MR) is 97.5 cm³/mol. The van der Waals surface area contributed by atoms with Crippen LogP contribution in [0.15, 0.2) is 24.3 Å². The fraction of sp³-hybridized carbons (Fsp3) is 0.526. The Morgan fingerprint density at radius 1 is 1.12 bits per heavy atom. The number of unbranched alkanes of at least 4 members (excludes halogenated alkanes) is 2. The molecule has 0 aliphatic rings. The normalized spacial score (nSPS) is 11.5. The average molecular weight is 364 g/mol. The molecule has 7 nitrogen and oxygen atoms in total. The number of aromatic hydroxyl groups is 1. The average Bonchev–Trinajstić information content (AvgIpc) is 2.64. The maximum absolute atomic E-state index is 12.4. The number of nitrogens with one attached hydrogen (secondary N) is 2. The van der Waals surface area contributed by atoms with E-state index >= 15 is 0 Å². The number of esters is 1. The summed E-state index contributed by atoms with van der Waals surface area (Å²) in [5.74, 6) is -0.987. The molecule has 26 heavy (non-hydrogen) atoms. The molecule has 0 aliphatic heterocycles. The van der Waals surface area contributed by atoms with E-state index in [4.69, 9.17) is 0 Å². The highest BCUT2D eigenvalue weighted by molar-refractivity contribution is 5.89. The second-order valence-electron chi connectivity index (χ2n) is 6.06. The van der Waals surface area contributed by atoms with Crippen LogP contribution >= 0.6 is 0 Å². The molecule has 7 heteroatoms. The Morgan fingerprint density at radius 2 is 1.81 bits per heavy atom. The van der Waals surface area contributed by atoms with Gasteiger partial charge in [0.25, 0.3) is 0 Å². The zero-order valence-corrected chi connectivity index (χ0v) is 15.4. The van der Waals surface area contributed by atoms with Crippen LogP contribution in [0.4, 0.5) is 0 Å². The van der Waals surface area contributed by atoms with Crippen molar-refractivity contribution in [2.24, 2.45) is 0 Å². The predicted octanol–water partition coefficient (Wildman–Crippen LogP) is 1.68. The van der Waals surface area contributed by atoms with Crippen LogP contribution in [0.25, 0.3) is 0 Å². The van der Waals surface area contributed by atoms with Crippen LogP contribution in [0.3, 0.4) is 0 Å². The van der Waals surface area contributed by atoms with Gasteiger partial charge in [-0.05, 0) is 24.1 Å². The monoisotopic (exact) mass is 364 g/mol. The highest BCUT2D eigenvalue weighted by atomic mass is 16.5. The number of hydrogen-bond donors (Lipinski definition) is 3. The van der Waals surface area contributed by atoms with Gasteiger partial charge in [0.1, 0.15) is 11.8 Å². The fourth-order valence-corrected chi connectivity index (χ4v) is 2.37. The van der Waals surface area contributed by atoms with Gasteiger partial charge in [-0.2, -0.15) is 0 Å². The number of carbonyl (C=O) groups is 3. The fourth-order valence-electron chi connectivity index (χ4n) is 2.37. The second kappa shape index (κ2) is 11.9. The zero-order chi connectivity index (χ0) is 19.4. The maximum Gasteiger partial charge on any atom is 0.306 e. The first-order valence-corrected chi connectivity index (χ1v) is 8.88. The van der Waals surface area contributed by atoms with Gasteiger partial charge in [0.2, 0.25) is 11.8 Å². The van der Waals surface area contributed by atoms with E-state index in [2.05, 4.69) is 22.3 Å². The van der Waals surface area contributed by atoms with Crippen molar-refractivity contribution in [3.8, 4) is 5.75 Å². The first-order chi connectivity index (χ1) is 12.5. The van der Waals surface area contributed by atoms with Gasteiger partial charge in [-0.15, -0.1) is 0 Å². The van der Waals surface area contributed by atoms with Gasteiger partial charge in [0.15, 0.2) is 0 Å². The van der Waals surface area contributed by atoms with Crippen molar-refractivity contribution in [3.63, 3.8) is 0 Å². The molecule has 0 aliphatic carbocycles. The van der Waals surface area contributed by atoms with Gasteiger partial charge >= 0.3 is 5.97 Å². The summed E-state index contributed by atoms with van der Waals surface area (Å²) >= 11 is 0. The summed E-state index contributed by atoms with van der Waals surface area (Å²) in [6.45, 7) is 2.63. The lowest BCUT2D eigenvalue weighted by Gasteiger charge is -2.19. The number of benzene rings is 1. The summed E-state index contributed by atoms with van der Waals surface area (Å²) in [5.41, 5.74) is 0.810. The van der Waals surface area contributed by atoms with Gasteiger partial charge in [0, 0.05) is 19.4 Å². The van der Waals surface area contributed by atoms with Crippen LogP contribution in [0.1, 0.15) is 44.6 Å². The summed E-state index contributed by atoms with van der Waals surface area (Å²) in [7, 11) is 1.26. The molecular formula is C19H28N2O5. The van der Waals surface area contributed by atoms with Crippen molar-refractivity contribution in [2.45, 2.75) is 51.5 Å². The minimum absolute atomic E-state index is 0.0353. The molecule has 0 unspecified atom stereocenters. The van der Waals surface area contributed by atoms with E-state index in [9.17, 15) is 19.5 Å². The van der Waals surface area contributed by atoms with E-state index in [0.717, 1.165) is 24.8 Å². The van der Waals surface area contributed by atoms with Crippen LogP contribution in [-0.4, -0.2) is 42.6 Å².